The van der Waals surface area contributed by atoms with Crippen LogP contribution < -0.4 is 0 Å². The number of hydrogen-bond donors (Lipinski definition) is 0. The van der Waals surface area contributed by atoms with Gasteiger partial charge in [-0.1, -0.05) is 12.1 Å². The molecular weight excluding hydrogens is 363 g/mol. The van der Waals surface area contributed by atoms with E-state index in [2.05, 4.69) is 4.74 Å². The third-order valence-electron chi connectivity index (χ3n) is 3.90. The van der Waals surface area contributed by atoms with Gasteiger partial charge in [-0.2, -0.15) is 13.2 Å². The van der Waals surface area contributed by atoms with Gasteiger partial charge in [-0.3, -0.25) is 0 Å². The Morgan fingerprint density at radius 2 is 1.81 bits per heavy atom. The Bertz CT molecular complexity index is 763. The molecule has 0 fully saturated rings. The maximum absolute atomic E-state index is 13.4. The first kappa shape index (κ1) is 20.8. The van der Waals surface area contributed by atoms with Crippen molar-refractivity contribution in [3.63, 3.8) is 0 Å². The minimum atomic E-state index is -4.71. The summed E-state index contributed by atoms with van der Waals surface area (Å²) in [5, 5.41) is 0. The maximum atomic E-state index is 13.4. The van der Waals surface area contributed by atoms with Crippen LogP contribution in [0, 0.1) is 0 Å². The van der Waals surface area contributed by atoms with Gasteiger partial charge in [0.15, 0.2) is 0 Å². The van der Waals surface area contributed by atoms with E-state index in [4.69, 9.17) is 4.74 Å². The number of carbonyl (C=O) groups excluding carboxylic acids is 2. The minimum absolute atomic E-state index is 0.129. The molecule has 1 heterocycles. The van der Waals surface area contributed by atoms with E-state index in [0.717, 1.165) is 19.2 Å². The molecule has 5 nitrogen and oxygen atoms in total. The zero-order valence-electron chi connectivity index (χ0n) is 15.6. The first-order valence-corrected chi connectivity index (χ1v) is 8.39. The number of methoxy groups -OCH3 is 1. The average molecular weight is 385 g/mol. The summed E-state index contributed by atoms with van der Waals surface area (Å²) in [5.41, 5.74) is -1.42. The highest BCUT2D eigenvalue weighted by atomic mass is 19.4. The maximum Gasteiger partial charge on any atom is 0.417 e. The number of hydrogen-bond acceptors (Lipinski definition) is 4. The molecule has 0 atom stereocenters. The van der Waals surface area contributed by atoms with Crippen molar-refractivity contribution in [1.29, 1.82) is 0 Å². The molecule has 2 rings (SSSR count). The molecule has 0 saturated carbocycles. The number of alkyl halides is 3. The van der Waals surface area contributed by atoms with Gasteiger partial charge in [-0.05, 0) is 50.5 Å². The summed E-state index contributed by atoms with van der Waals surface area (Å²) in [4.78, 5) is 25.3. The lowest BCUT2D eigenvalue weighted by atomic mass is 9.96. The highest BCUT2D eigenvalue weighted by Crippen LogP contribution is 2.35. The first-order chi connectivity index (χ1) is 12.4. The molecule has 148 valence electrons. The Hall–Kier alpha value is -2.51. The van der Waals surface area contributed by atoms with Crippen molar-refractivity contribution in [3.05, 3.63) is 41.0 Å². The van der Waals surface area contributed by atoms with E-state index in [-0.39, 0.29) is 6.54 Å². The lowest BCUT2D eigenvalue weighted by molar-refractivity contribution is -0.138. The predicted octanol–water partition coefficient (Wildman–Crippen LogP) is 4.52. The van der Waals surface area contributed by atoms with E-state index in [1.807, 2.05) is 0 Å². The van der Waals surface area contributed by atoms with Crippen LogP contribution in [0.5, 0.6) is 0 Å². The smallest absolute Gasteiger partial charge is 0.417 e. The Labute approximate surface area is 155 Å². The summed E-state index contributed by atoms with van der Waals surface area (Å²) >= 11 is 0. The van der Waals surface area contributed by atoms with Crippen LogP contribution in [0.15, 0.2) is 24.3 Å². The third kappa shape index (κ3) is 5.24. The second-order valence-electron chi connectivity index (χ2n) is 7.17. The van der Waals surface area contributed by atoms with Crippen molar-refractivity contribution in [1.82, 2.24) is 4.90 Å². The molecule has 1 aromatic carbocycles. The van der Waals surface area contributed by atoms with Crippen LogP contribution in [-0.4, -0.2) is 42.8 Å². The van der Waals surface area contributed by atoms with Crippen molar-refractivity contribution >= 4 is 17.6 Å². The monoisotopic (exact) mass is 385 g/mol. The van der Waals surface area contributed by atoms with E-state index in [9.17, 15) is 22.8 Å². The number of carbonyl (C=O) groups is 2. The Balaban J connectivity index is 2.31. The average Bonchev–Trinajstić information content (AvgIpc) is 2.58. The van der Waals surface area contributed by atoms with E-state index in [1.165, 1.54) is 11.0 Å². The molecule has 0 spiro atoms. The predicted molar refractivity (Wildman–Crippen MR) is 93.2 cm³/mol. The van der Waals surface area contributed by atoms with Crippen molar-refractivity contribution in [3.8, 4) is 0 Å². The van der Waals surface area contributed by atoms with Gasteiger partial charge in [-0.15, -0.1) is 0 Å². The number of benzene rings is 1. The molecule has 0 aliphatic carbocycles. The molecule has 0 aromatic heterocycles. The van der Waals surface area contributed by atoms with Crippen LogP contribution >= 0.6 is 0 Å². The van der Waals surface area contributed by atoms with Crippen molar-refractivity contribution < 1.29 is 32.2 Å². The van der Waals surface area contributed by atoms with Gasteiger partial charge < -0.3 is 14.4 Å². The third-order valence-corrected chi connectivity index (χ3v) is 3.90. The summed E-state index contributed by atoms with van der Waals surface area (Å²) in [7, 11) is 1.03. The Morgan fingerprint density at radius 1 is 1.15 bits per heavy atom. The quantitative estimate of drug-likeness (QED) is 0.703. The number of rotatable bonds is 2. The van der Waals surface area contributed by atoms with Crippen LogP contribution in [0.4, 0.5) is 18.0 Å². The summed E-state index contributed by atoms with van der Waals surface area (Å²) < 4.78 is 49.9. The van der Waals surface area contributed by atoms with E-state index in [1.54, 1.807) is 26.8 Å². The molecule has 8 heteroatoms. The normalized spacial score (nSPS) is 15.2. The van der Waals surface area contributed by atoms with Crippen LogP contribution in [-0.2, 0) is 15.7 Å². The summed E-state index contributed by atoms with van der Waals surface area (Å²) in [6.07, 6.45) is -2.95. The van der Waals surface area contributed by atoms with Gasteiger partial charge in [0.2, 0.25) is 0 Å². The van der Waals surface area contributed by atoms with Gasteiger partial charge in [0.05, 0.1) is 18.2 Å². The molecule has 0 saturated heterocycles. The molecule has 0 radical (unpaired) electrons. The number of esters is 1. The minimum Gasteiger partial charge on any atom is -0.465 e. The van der Waals surface area contributed by atoms with E-state index >= 15 is 0 Å². The molecule has 1 aromatic rings. The second-order valence-corrected chi connectivity index (χ2v) is 7.17. The van der Waals surface area contributed by atoms with Crippen LogP contribution in [0.25, 0.3) is 5.57 Å². The fraction of sp³-hybridized carbons (Fsp3) is 0.474. The van der Waals surface area contributed by atoms with Crippen molar-refractivity contribution in [2.45, 2.75) is 39.0 Å². The Morgan fingerprint density at radius 3 is 2.37 bits per heavy atom. The SMILES string of the molecule is COC(=O)c1ccc(C2=CCCN(C(=O)OC(C)(C)C)C2)cc1C(F)(F)F. The highest BCUT2D eigenvalue weighted by Gasteiger charge is 2.36. The van der Waals surface area contributed by atoms with Gasteiger partial charge in [0, 0.05) is 13.1 Å². The van der Waals surface area contributed by atoms with Crippen LogP contribution in [0.2, 0.25) is 0 Å². The van der Waals surface area contributed by atoms with Gasteiger partial charge in [0.1, 0.15) is 5.60 Å². The molecule has 0 unspecified atom stereocenters. The Kier molecular flexibility index (Phi) is 5.87. The molecule has 0 bridgehead atoms. The van der Waals surface area contributed by atoms with Crippen LogP contribution in [0.3, 0.4) is 0 Å². The molecule has 1 amide bonds. The molecule has 1 aliphatic rings. The lowest BCUT2D eigenvalue weighted by Gasteiger charge is -2.30. The zero-order valence-corrected chi connectivity index (χ0v) is 15.6. The lowest BCUT2D eigenvalue weighted by Crippen LogP contribution is -2.39. The van der Waals surface area contributed by atoms with Crippen molar-refractivity contribution in [2.75, 3.05) is 20.2 Å². The molecular formula is C19H22F3NO4. The molecule has 0 N–H and O–H groups in total. The topological polar surface area (TPSA) is 55.8 Å². The molecule has 1 aliphatic heterocycles. The van der Waals surface area contributed by atoms with Gasteiger partial charge in [-0.25, -0.2) is 9.59 Å². The fourth-order valence-electron chi connectivity index (χ4n) is 2.70. The van der Waals surface area contributed by atoms with E-state index in [0.29, 0.717) is 24.1 Å². The number of nitrogens with zero attached hydrogens (tertiary/aromatic N) is 1. The van der Waals surface area contributed by atoms with Gasteiger partial charge >= 0.3 is 18.2 Å². The van der Waals surface area contributed by atoms with Crippen LogP contribution in [0.1, 0.15) is 48.7 Å². The first-order valence-electron chi connectivity index (χ1n) is 8.39. The summed E-state index contributed by atoms with van der Waals surface area (Å²) in [6, 6.07) is 3.43. The highest BCUT2D eigenvalue weighted by molar-refractivity contribution is 5.92. The second kappa shape index (κ2) is 7.62. The summed E-state index contributed by atoms with van der Waals surface area (Å²) in [6.45, 7) is 5.78. The van der Waals surface area contributed by atoms with E-state index < -0.39 is 35.0 Å². The van der Waals surface area contributed by atoms with Gasteiger partial charge in [0.25, 0.3) is 0 Å². The number of ether oxygens (including phenoxy) is 2. The number of amides is 1. The number of halogens is 3. The fourth-order valence-corrected chi connectivity index (χ4v) is 2.70. The summed E-state index contributed by atoms with van der Waals surface area (Å²) in [5.74, 6) is -1.05. The molecule has 27 heavy (non-hydrogen) atoms. The van der Waals surface area contributed by atoms with Crippen molar-refractivity contribution in [2.24, 2.45) is 0 Å². The largest absolute Gasteiger partial charge is 0.465 e. The standard InChI is InChI=1S/C19H22F3NO4/c1-18(2,3)27-17(25)23-9-5-6-13(11-23)12-7-8-14(16(24)26-4)15(10-12)19(20,21)22/h6-8,10H,5,9,11H2,1-4H3. The zero-order chi connectivity index (χ0) is 20.4.